The summed E-state index contributed by atoms with van der Waals surface area (Å²) in [5.41, 5.74) is 3.70. The number of alkyl halides is 3. The highest BCUT2D eigenvalue weighted by Crippen LogP contribution is 2.28. The van der Waals surface area contributed by atoms with Gasteiger partial charge in [-0.3, -0.25) is 9.69 Å². The number of piperidine rings is 1. The van der Waals surface area contributed by atoms with Crippen LogP contribution >= 0.6 is 0 Å². The number of amides is 1. The van der Waals surface area contributed by atoms with E-state index in [9.17, 15) is 18.0 Å². The van der Waals surface area contributed by atoms with Gasteiger partial charge in [0.05, 0.1) is 17.0 Å². The van der Waals surface area contributed by atoms with Crippen molar-refractivity contribution >= 4 is 11.6 Å². The van der Waals surface area contributed by atoms with Crippen LogP contribution in [0.15, 0.2) is 66.9 Å². The zero-order valence-electron chi connectivity index (χ0n) is 21.6. The lowest BCUT2D eigenvalue weighted by Crippen LogP contribution is -2.35. The van der Waals surface area contributed by atoms with Crippen LogP contribution in [0, 0.1) is 12.8 Å². The van der Waals surface area contributed by atoms with E-state index in [2.05, 4.69) is 49.3 Å². The lowest BCUT2D eigenvalue weighted by molar-refractivity contribution is -0.274. The summed E-state index contributed by atoms with van der Waals surface area (Å²) in [5.74, 6) is 0.0227. The van der Waals surface area contributed by atoms with Gasteiger partial charge in [-0.05, 0) is 62.9 Å². The fraction of sp³-hybridized carbons (Fsp3) is 0.345. The molecule has 4 aromatic rings. The molecule has 0 aliphatic carbocycles. The van der Waals surface area contributed by atoms with Crippen molar-refractivity contribution in [1.82, 2.24) is 24.8 Å². The van der Waals surface area contributed by atoms with Gasteiger partial charge in [-0.1, -0.05) is 42.5 Å². The summed E-state index contributed by atoms with van der Waals surface area (Å²) < 4.78 is 43.4. The number of aromatic nitrogens is 3. The summed E-state index contributed by atoms with van der Waals surface area (Å²) >= 11 is 0. The molecule has 2 aromatic carbocycles. The zero-order valence-corrected chi connectivity index (χ0v) is 21.6. The summed E-state index contributed by atoms with van der Waals surface area (Å²) in [6, 6.07) is 17.7. The summed E-state index contributed by atoms with van der Waals surface area (Å²) in [6.07, 6.45) is -0.128. The molecule has 1 N–H and O–H groups in total. The fourth-order valence-electron chi connectivity index (χ4n) is 5.02. The third kappa shape index (κ3) is 6.75. The van der Waals surface area contributed by atoms with Crippen molar-refractivity contribution in [2.75, 3.05) is 19.6 Å². The predicted octanol–water partition coefficient (Wildman–Crippen LogP) is 5.64. The number of aryl methyl sites for hydroxylation is 1. The Labute approximate surface area is 224 Å². The normalized spacial score (nSPS) is 15.0. The van der Waals surface area contributed by atoms with E-state index in [1.165, 1.54) is 34.5 Å². The molecular weight excluding hydrogens is 507 g/mol. The average molecular weight is 538 g/mol. The molecule has 2 aromatic heterocycles. The van der Waals surface area contributed by atoms with Crippen molar-refractivity contribution in [2.24, 2.45) is 5.92 Å². The van der Waals surface area contributed by atoms with E-state index in [1.807, 2.05) is 6.07 Å². The van der Waals surface area contributed by atoms with Crippen LogP contribution in [0.3, 0.4) is 0 Å². The Kier molecular flexibility index (Phi) is 7.83. The Bertz CT molecular complexity index is 1430. The third-order valence-corrected chi connectivity index (χ3v) is 7.13. The second-order valence-corrected chi connectivity index (χ2v) is 9.88. The van der Waals surface area contributed by atoms with Crippen LogP contribution in [-0.2, 0) is 6.54 Å². The first-order valence-electron chi connectivity index (χ1n) is 13.0. The molecule has 7 nitrogen and oxygen atoms in total. The number of nitrogens with one attached hydrogen (secondary N) is 1. The number of ether oxygens (including phenoxy) is 1. The molecule has 10 heteroatoms. The second-order valence-electron chi connectivity index (χ2n) is 9.88. The Morgan fingerprint density at radius 3 is 2.59 bits per heavy atom. The van der Waals surface area contributed by atoms with Crippen LogP contribution < -0.4 is 10.1 Å². The zero-order chi connectivity index (χ0) is 27.4. The third-order valence-electron chi connectivity index (χ3n) is 7.13. The highest BCUT2D eigenvalue weighted by Gasteiger charge is 2.31. The fourth-order valence-corrected chi connectivity index (χ4v) is 5.02. The van der Waals surface area contributed by atoms with Crippen molar-refractivity contribution in [1.29, 1.82) is 0 Å². The SMILES string of the molecule is Cc1c(C(=O)NCCC2CCN(Cc3ccccc3)CC2)cnc2cc(-c3cccc(OC(F)(F)F)c3)nn12. The van der Waals surface area contributed by atoms with Gasteiger partial charge in [0.1, 0.15) is 5.75 Å². The molecule has 1 saturated heterocycles. The summed E-state index contributed by atoms with van der Waals surface area (Å²) in [6.45, 7) is 5.43. The molecule has 5 rings (SSSR count). The van der Waals surface area contributed by atoms with Gasteiger partial charge in [-0.15, -0.1) is 13.2 Å². The number of benzene rings is 2. The Morgan fingerprint density at radius 2 is 1.85 bits per heavy atom. The van der Waals surface area contributed by atoms with Gasteiger partial charge in [-0.25, -0.2) is 9.50 Å². The minimum atomic E-state index is -4.78. The van der Waals surface area contributed by atoms with Gasteiger partial charge < -0.3 is 10.1 Å². The van der Waals surface area contributed by atoms with Gasteiger partial charge >= 0.3 is 6.36 Å². The van der Waals surface area contributed by atoms with Crippen molar-refractivity contribution in [3.8, 4) is 17.0 Å². The van der Waals surface area contributed by atoms with Crippen LogP contribution in [-0.4, -0.2) is 51.4 Å². The van der Waals surface area contributed by atoms with Gasteiger partial charge in [0.15, 0.2) is 5.65 Å². The standard InChI is InChI=1S/C29H30F3N5O2/c1-20-25(28(38)33-13-10-21-11-14-36(15-12-21)19-22-6-3-2-4-7-22)18-34-27-17-26(35-37(20)27)23-8-5-9-24(16-23)39-29(30,31)32/h2-9,16-18,21H,10-15,19H2,1H3,(H,33,38). The number of carbonyl (C=O) groups is 1. The van der Waals surface area contributed by atoms with Crippen molar-refractivity contribution in [3.63, 3.8) is 0 Å². The number of hydrogen-bond acceptors (Lipinski definition) is 5. The first-order valence-corrected chi connectivity index (χ1v) is 13.0. The van der Waals surface area contributed by atoms with Crippen molar-refractivity contribution in [2.45, 2.75) is 39.1 Å². The van der Waals surface area contributed by atoms with Gasteiger partial charge in [-0.2, -0.15) is 5.10 Å². The van der Waals surface area contributed by atoms with Gasteiger partial charge in [0.2, 0.25) is 0 Å². The Hall–Kier alpha value is -3.92. The molecule has 0 bridgehead atoms. The van der Waals surface area contributed by atoms with Crippen LogP contribution in [0.2, 0.25) is 0 Å². The smallest absolute Gasteiger partial charge is 0.406 e. The van der Waals surface area contributed by atoms with Crippen LogP contribution in [0.25, 0.3) is 16.9 Å². The number of halogens is 3. The monoisotopic (exact) mass is 537 g/mol. The van der Waals surface area contributed by atoms with Gasteiger partial charge in [0.25, 0.3) is 5.91 Å². The van der Waals surface area contributed by atoms with E-state index < -0.39 is 6.36 Å². The molecule has 39 heavy (non-hydrogen) atoms. The lowest BCUT2D eigenvalue weighted by Gasteiger charge is -2.32. The minimum absolute atomic E-state index is 0.221. The molecule has 0 saturated carbocycles. The first kappa shape index (κ1) is 26.7. The molecule has 1 aliphatic rings. The highest BCUT2D eigenvalue weighted by molar-refractivity contribution is 5.95. The number of fused-ring (bicyclic) bond motifs is 1. The Morgan fingerprint density at radius 1 is 1.08 bits per heavy atom. The summed E-state index contributed by atoms with van der Waals surface area (Å²) in [4.78, 5) is 19.8. The molecule has 1 amide bonds. The molecule has 0 atom stereocenters. The highest BCUT2D eigenvalue weighted by atomic mass is 19.4. The molecule has 1 aliphatic heterocycles. The number of carbonyl (C=O) groups excluding carboxylic acids is 1. The topological polar surface area (TPSA) is 71.8 Å². The van der Waals surface area contributed by atoms with E-state index in [4.69, 9.17) is 0 Å². The maximum Gasteiger partial charge on any atom is 0.573 e. The number of nitrogens with zero attached hydrogens (tertiary/aromatic N) is 4. The largest absolute Gasteiger partial charge is 0.573 e. The van der Waals surface area contributed by atoms with Crippen molar-refractivity contribution < 1.29 is 22.7 Å². The summed E-state index contributed by atoms with van der Waals surface area (Å²) in [5, 5.41) is 7.50. The maximum absolute atomic E-state index is 12.9. The van der Waals surface area contributed by atoms with E-state index in [1.54, 1.807) is 19.1 Å². The molecule has 1 fully saturated rings. The van der Waals surface area contributed by atoms with Crippen LogP contribution in [0.5, 0.6) is 5.75 Å². The second kappa shape index (κ2) is 11.4. The number of likely N-dealkylation sites (tertiary alicyclic amines) is 1. The molecule has 0 radical (unpaired) electrons. The van der Waals surface area contributed by atoms with Gasteiger partial charge in [0, 0.05) is 30.9 Å². The average Bonchev–Trinajstić information content (AvgIpc) is 3.35. The molecule has 204 valence electrons. The van der Waals surface area contributed by atoms with E-state index in [-0.39, 0.29) is 11.7 Å². The predicted molar refractivity (Wildman–Crippen MR) is 141 cm³/mol. The lowest BCUT2D eigenvalue weighted by atomic mass is 9.93. The van der Waals surface area contributed by atoms with E-state index >= 15 is 0 Å². The summed E-state index contributed by atoms with van der Waals surface area (Å²) in [7, 11) is 0. The van der Waals surface area contributed by atoms with E-state index in [0.29, 0.717) is 40.6 Å². The van der Waals surface area contributed by atoms with Crippen molar-refractivity contribution in [3.05, 3.63) is 83.7 Å². The number of rotatable bonds is 8. The van der Waals surface area contributed by atoms with Crippen LogP contribution in [0.1, 0.15) is 40.9 Å². The molecule has 3 heterocycles. The van der Waals surface area contributed by atoms with E-state index in [0.717, 1.165) is 38.9 Å². The minimum Gasteiger partial charge on any atom is -0.406 e. The molecular formula is C29H30F3N5O2. The first-order chi connectivity index (χ1) is 18.7. The molecule has 0 unspecified atom stereocenters. The molecule has 0 spiro atoms. The quantitative estimate of drug-likeness (QED) is 0.315. The maximum atomic E-state index is 12.9. The Balaban J connectivity index is 1.17. The van der Waals surface area contributed by atoms with Crippen LogP contribution in [0.4, 0.5) is 13.2 Å². The number of hydrogen-bond donors (Lipinski definition) is 1.